The second-order valence-corrected chi connectivity index (χ2v) is 10.1. The molecule has 1 aliphatic heterocycles. The van der Waals surface area contributed by atoms with Crippen LogP contribution in [0.4, 0.5) is 11.6 Å². The third-order valence-electron chi connectivity index (χ3n) is 7.69. The van der Waals surface area contributed by atoms with Gasteiger partial charge in [-0.15, -0.1) is 0 Å². The highest BCUT2D eigenvalue weighted by Crippen LogP contribution is 2.38. The Labute approximate surface area is 229 Å². The highest BCUT2D eigenvalue weighted by atomic mass is 16.5. The second-order valence-electron chi connectivity index (χ2n) is 10.1. The minimum absolute atomic E-state index is 0.279. The largest absolute Gasteiger partial charge is 0.497 e. The summed E-state index contributed by atoms with van der Waals surface area (Å²) >= 11 is 0. The molecule has 0 atom stereocenters. The maximum atomic E-state index is 10.1. The minimum Gasteiger partial charge on any atom is -0.497 e. The predicted octanol–water partition coefficient (Wildman–Crippen LogP) is 5.61. The van der Waals surface area contributed by atoms with Gasteiger partial charge in [-0.05, 0) is 74.6 Å². The Morgan fingerprint density at radius 1 is 1.03 bits per heavy atom. The molecular formula is C31H35N5O3. The zero-order chi connectivity index (χ0) is 27.7. The number of ether oxygens (including phenoxy) is 3. The van der Waals surface area contributed by atoms with Crippen molar-refractivity contribution in [2.75, 3.05) is 37.9 Å². The van der Waals surface area contributed by atoms with E-state index in [1.807, 2.05) is 67.8 Å². The minimum atomic E-state index is 0.279. The van der Waals surface area contributed by atoms with E-state index in [2.05, 4.69) is 11.0 Å². The molecule has 8 nitrogen and oxygen atoms in total. The molecule has 0 bridgehead atoms. The van der Waals surface area contributed by atoms with Crippen LogP contribution in [0, 0.1) is 32.1 Å². The number of nitrogens with two attached hydrogens (primary N) is 1. The van der Waals surface area contributed by atoms with Gasteiger partial charge in [-0.2, -0.15) is 5.26 Å². The lowest BCUT2D eigenvalue weighted by Gasteiger charge is -2.33. The van der Waals surface area contributed by atoms with Gasteiger partial charge in [0, 0.05) is 31.1 Å². The normalized spacial score (nSPS) is 14.0. The number of rotatable bonds is 7. The molecule has 1 aliphatic rings. The maximum absolute atomic E-state index is 10.1. The average molecular weight is 526 g/mol. The summed E-state index contributed by atoms with van der Waals surface area (Å²) in [5, 5.41) is 10.8. The summed E-state index contributed by atoms with van der Waals surface area (Å²) in [5.41, 5.74) is 12.7. The summed E-state index contributed by atoms with van der Waals surface area (Å²) in [6.07, 6.45) is 2.18. The van der Waals surface area contributed by atoms with Crippen molar-refractivity contribution in [2.24, 2.45) is 0 Å². The molecule has 0 saturated carbocycles. The van der Waals surface area contributed by atoms with Crippen LogP contribution in [0.15, 0.2) is 42.5 Å². The van der Waals surface area contributed by atoms with E-state index in [1.165, 1.54) is 0 Å². The number of pyridine rings is 1. The second kappa shape index (κ2) is 10.9. The maximum Gasteiger partial charge on any atom is 0.150 e. The first-order chi connectivity index (χ1) is 18.9. The molecule has 8 heteroatoms. The molecule has 0 aliphatic carbocycles. The van der Waals surface area contributed by atoms with E-state index in [0.29, 0.717) is 23.6 Å². The molecule has 1 fully saturated rings. The third-order valence-corrected chi connectivity index (χ3v) is 7.69. The number of hydrogen-bond donors (Lipinski definition) is 1. The standard InChI is InChI=1S/C31H35N5O3/c1-19-6-11-27(39-18-22-7-9-23(37-4)10-8-22)21(3)28(19)36-29(33)26(17-32)25-16-20(2)30(34-31(25)36)35-14-12-24(38-5)13-15-35/h6-11,16,24H,12-15,18,33H2,1-5H3. The molecule has 0 spiro atoms. The van der Waals surface area contributed by atoms with Crippen molar-refractivity contribution < 1.29 is 14.2 Å². The summed E-state index contributed by atoms with van der Waals surface area (Å²) in [6.45, 7) is 8.25. The van der Waals surface area contributed by atoms with Crippen LogP contribution in [0.2, 0.25) is 0 Å². The Balaban J connectivity index is 1.57. The van der Waals surface area contributed by atoms with Crippen molar-refractivity contribution in [3.63, 3.8) is 0 Å². The summed E-state index contributed by atoms with van der Waals surface area (Å²) in [5.74, 6) is 2.86. The Kier molecular flexibility index (Phi) is 7.36. The number of fused-ring (bicyclic) bond motifs is 1. The van der Waals surface area contributed by atoms with Gasteiger partial charge in [0.05, 0.1) is 18.9 Å². The summed E-state index contributed by atoms with van der Waals surface area (Å²) in [7, 11) is 3.42. The molecule has 5 rings (SSSR count). The van der Waals surface area contributed by atoms with Crippen molar-refractivity contribution in [1.29, 1.82) is 5.26 Å². The van der Waals surface area contributed by atoms with E-state index in [1.54, 1.807) is 14.2 Å². The zero-order valence-electron chi connectivity index (χ0n) is 23.2. The van der Waals surface area contributed by atoms with Gasteiger partial charge in [0.1, 0.15) is 47.0 Å². The average Bonchev–Trinajstić information content (AvgIpc) is 3.22. The Hall–Kier alpha value is -4.22. The summed E-state index contributed by atoms with van der Waals surface area (Å²) in [4.78, 5) is 7.44. The van der Waals surface area contributed by atoms with Gasteiger partial charge < -0.3 is 24.8 Å². The molecule has 1 saturated heterocycles. The quantitative estimate of drug-likeness (QED) is 0.335. The highest BCUT2D eigenvalue weighted by Gasteiger charge is 2.26. The number of nitriles is 1. The van der Waals surface area contributed by atoms with Gasteiger partial charge in [-0.1, -0.05) is 18.2 Å². The van der Waals surface area contributed by atoms with E-state index in [0.717, 1.165) is 76.6 Å². The molecule has 202 valence electrons. The van der Waals surface area contributed by atoms with Gasteiger partial charge in [0.15, 0.2) is 0 Å². The van der Waals surface area contributed by atoms with Crippen molar-refractivity contribution in [3.05, 3.63) is 70.3 Å². The van der Waals surface area contributed by atoms with Crippen LogP contribution < -0.4 is 20.1 Å². The molecule has 2 N–H and O–H groups in total. The van der Waals surface area contributed by atoms with E-state index in [4.69, 9.17) is 24.9 Å². The van der Waals surface area contributed by atoms with Crippen LogP contribution >= 0.6 is 0 Å². The smallest absolute Gasteiger partial charge is 0.150 e. The van der Waals surface area contributed by atoms with Gasteiger partial charge in [0.2, 0.25) is 0 Å². The Morgan fingerprint density at radius 2 is 1.74 bits per heavy atom. The molecule has 3 heterocycles. The van der Waals surface area contributed by atoms with Crippen molar-refractivity contribution >= 4 is 22.7 Å². The third kappa shape index (κ3) is 4.86. The fraction of sp³-hybridized carbons (Fsp3) is 0.355. The molecule has 39 heavy (non-hydrogen) atoms. The van der Waals surface area contributed by atoms with Crippen molar-refractivity contribution in [3.8, 4) is 23.3 Å². The number of nitrogens with zero attached hydrogens (tertiary/aromatic N) is 4. The molecule has 2 aromatic carbocycles. The van der Waals surface area contributed by atoms with Crippen LogP contribution in [0.5, 0.6) is 11.5 Å². The molecular weight excluding hydrogens is 490 g/mol. The fourth-order valence-electron chi connectivity index (χ4n) is 5.48. The number of aryl methyl sites for hydroxylation is 2. The summed E-state index contributed by atoms with van der Waals surface area (Å²) in [6, 6.07) is 16.2. The van der Waals surface area contributed by atoms with Gasteiger partial charge in [-0.25, -0.2) is 4.98 Å². The topological polar surface area (TPSA) is 98.6 Å². The number of aromatic nitrogens is 2. The summed E-state index contributed by atoms with van der Waals surface area (Å²) < 4.78 is 19.0. The lowest BCUT2D eigenvalue weighted by Crippen LogP contribution is -2.37. The molecule has 4 aromatic rings. The van der Waals surface area contributed by atoms with Gasteiger partial charge >= 0.3 is 0 Å². The first kappa shape index (κ1) is 26.4. The lowest BCUT2D eigenvalue weighted by molar-refractivity contribution is 0.0818. The number of piperidine rings is 1. The van der Waals surface area contributed by atoms with E-state index < -0.39 is 0 Å². The monoisotopic (exact) mass is 525 g/mol. The van der Waals surface area contributed by atoms with Crippen LogP contribution in [0.3, 0.4) is 0 Å². The SMILES string of the molecule is COc1ccc(COc2ccc(C)c(-n3c(N)c(C#N)c4cc(C)c(N5CCC(OC)CC5)nc43)c2C)cc1. The number of anilines is 2. The molecule has 0 radical (unpaired) electrons. The first-order valence-electron chi connectivity index (χ1n) is 13.2. The van der Waals surface area contributed by atoms with E-state index in [9.17, 15) is 5.26 Å². The van der Waals surface area contributed by atoms with Crippen LogP contribution in [0.1, 0.15) is 40.7 Å². The van der Waals surface area contributed by atoms with Gasteiger partial charge in [-0.3, -0.25) is 4.57 Å². The van der Waals surface area contributed by atoms with E-state index in [-0.39, 0.29) is 6.10 Å². The molecule has 2 aromatic heterocycles. The molecule has 0 unspecified atom stereocenters. The number of hydrogen-bond acceptors (Lipinski definition) is 7. The predicted molar refractivity (Wildman–Crippen MR) is 154 cm³/mol. The molecule has 0 amide bonds. The Morgan fingerprint density at radius 3 is 2.38 bits per heavy atom. The zero-order valence-corrected chi connectivity index (χ0v) is 23.2. The fourth-order valence-corrected chi connectivity index (χ4v) is 5.48. The van der Waals surface area contributed by atoms with Crippen molar-refractivity contribution in [2.45, 2.75) is 46.3 Å². The highest BCUT2D eigenvalue weighted by molar-refractivity contribution is 5.93. The number of nitrogen functional groups attached to an aromatic ring is 1. The number of benzene rings is 2. The van der Waals surface area contributed by atoms with Gasteiger partial charge in [0.25, 0.3) is 0 Å². The van der Waals surface area contributed by atoms with Crippen LogP contribution in [-0.4, -0.2) is 43.0 Å². The van der Waals surface area contributed by atoms with Crippen LogP contribution in [-0.2, 0) is 11.3 Å². The lowest BCUT2D eigenvalue weighted by atomic mass is 10.1. The van der Waals surface area contributed by atoms with Crippen molar-refractivity contribution in [1.82, 2.24) is 9.55 Å². The van der Waals surface area contributed by atoms with E-state index >= 15 is 0 Å². The number of methoxy groups -OCH3 is 2. The van der Waals surface area contributed by atoms with Crippen LogP contribution in [0.25, 0.3) is 16.7 Å². The first-order valence-corrected chi connectivity index (χ1v) is 13.2. The Bertz CT molecular complexity index is 1540.